The Morgan fingerprint density at radius 1 is 1.12 bits per heavy atom. The highest BCUT2D eigenvalue weighted by atomic mass is 16.2. The maximum absolute atomic E-state index is 13.6. The lowest BCUT2D eigenvalue weighted by Gasteiger charge is -2.18. The molecule has 4 rings (SSSR count). The van der Waals surface area contributed by atoms with Crippen molar-refractivity contribution < 1.29 is 9.59 Å². The van der Waals surface area contributed by atoms with Crippen LogP contribution >= 0.6 is 0 Å². The highest BCUT2D eigenvalue weighted by Crippen LogP contribution is 2.28. The Balaban J connectivity index is 1.64. The molecule has 0 spiro atoms. The predicted octanol–water partition coefficient (Wildman–Crippen LogP) is 5.03. The van der Waals surface area contributed by atoms with Gasteiger partial charge in [0.05, 0.1) is 22.8 Å². The average Bonchev–Trinajstić information content (AvgIpc) is 3.32. The van der Waals surface area contributed by atoms with E-state index in [0.717, 1.165) is 48.5 Å². The number of hydrogen-bond donors (Lipinski definition) is 1. The molecular formula is C32H42N6O2. The van der Waals surface area contributed by atoms with Crippen molar-refractivity contribution in [2.75, 3.05) is 40.8 Å². The number of Topliss-reactive ketones (excluding diaryl/α,β-unsaturated/α-hetero) is 1. The van der Waals surface area contributed by atoms with Crippen LogP contribution in [-0.4, -0.2) is 77.0 Å². The monoisotopic (exact) mass is 542 g/mol. The number of pyridine rings is 1. The first kappa shape index (κ1) is 29.4. The summed E-state index contributed by atoms with van der Waals surface area (Å²) in [7, 11) is 6.33. The molecule has 0 aliphatic heterocycles. The van der Waals surface area contributed by atoms with Crippen LogP contribution in [0.4, 0.5) is 0 Å². The van der Waals surface area contributed by atoms with Crippen molar-refractivity contribution in [3.05, 3.63) is 70.5 Å². The number of aromatic nitrogens is 3. The number of fused-ring (bicyclic) bond motifs is 1. The third kappa shape index (κ3) is 6.92. The van der Waals surface area contributed by atoms with Gasteiger partial charge in [0, 0.05) is 36.7 Å². The molecule has 2 heterocycles. The van der Waals surface area contributed by atoms with E-state index in [-0.39, 0.29) is 24.3 Å². The van der Waals surface area contributed by atoms with Crippen LogP contribution in [0.5, 0.6) is 0 Å². The molecule has 0 atom stereocenters. The Kier molecular flexibility index (Phi) is 9.32. The fourth-order valence-electron chi connectivity index (χ4n) is 5.20. The molecule has 0 unspecified atom stereocenters. The summed E-state index contributed by atoms with van der Waals surface area (Å²) in [6.45, 7) is 11.1. The summed E-state index contributed by atoms with van der Waals surface area (Å²) in [6.07, 6.45) is 5.24. The SMILES string of the molecule is CC1=CC(C)=C(CNC(=O)c2cc(-c3cccc(CN(C)CCCN(C)C)c3)nc3c2cnn3C(C)C)C(=O)C1. The van der Waals surface area contributed by atoms with E-state index in [1.807, 2.05) is 56.7 Å². The highest BCUT2D eigenvalue weighted by Gasteiger charge is 2.22. The summed E-state index contributed by atoms with van der Waals surface area (Å²) >= 11 is 0. The lowest BCUT2D eigenvalue weighted by molar-refractivity contribution is -0.115. The average molecular weight is 543 g/mol. The quantitative estimate of drug-likeness (QED) is 0.366. The van der Waals surface area contributed by atoms with Gasteiger partial charge in [-0.05, 0) is 91.6 Å². The summed E-state index contributed by atoms with van der Waals surface area (Å²) in [5.41, 5.74) is 6.65. The minimum atomic E-state index is -0.242. The third-order valence-corrected chi connectivity index (χ3v) is 7.26. The number of carbonyl (C=O) groups is 2. The van der Waals surface area contributed by atoms with Crippen LogP contribution in [0.3, 0.4) is 0 Å². The minimum absolute atomic E-state index is 0.0643. The van der Waals surface area contributed by atoms with Gasteiger partial charge in [-0.3, -0.25) is 9.59 Å². The molecule has 1 aromatic carbocycles. The number of ketones is 1. The van der Waals surface area contributed by atoms with E-state index in [9.17, 15) is 9.59 Å². The Bertz CT molecular complexity index is 1460. The van der Waals surface area contributed by atoms with Crippen LogP contribution in [0.25, 0.3) is 22.3 Å². The maximum atomic E-state index is 13.6. The van der Waals surface area contributed by atoms with Crippen molar-refractivity contribution in [1.82, 2.24) is 29.9 Å². The van der Waals surface area contributed by atoms with Crippen LogP contribution in [0.1, 0.15) is 62.5 Å². The molecule has 1 aliphatic rings. The number of nitrogens with zero attached hydrogens (tertiary/aromatic N) is 5. The molecule has 0 radical (unpaired) electrons. The number of hydrogen-bond acceptors (Lipinski definition) is 6. The molecule has 212 valence electrons. The number of benzene rings is 1. The van der Waals surface area contributed by atoms with E-state index in [1.165, 1.54) is 5.56 Å². The molecule has 0 fully saturated rings. The normalized spacial score (nSPS) is 14.2. The van der Waals surface area contributed by atoms with Gasteiger partial charge < -0.3 is 15.1 Å². The van der Waals surface area contributed by atoms with Gasteiger partial charge in [0.25, 0.3) is 5.91 Å². The second kappa shape index (κ2) is 12.7. The van der Waals surface area contributed by atoms with Gasteiger partial charge in [-0.25, -0.2) is 9.67 Å². The fraction of sp³-hybridized carbons (Fsp3) is 0.438. The molecule has 8 nitrogen and oxygen atoms in total. The molecular weight excluding hydrogens is 500 g/mol. The standard InChI is InChI=1S/C32H42N6O2/c1-21(2)38-31-28(19-34-38)26(32(40)33-18-27-23(4)14-22(3)15-30(27)39)17-29(35-31)25-11-8-10-24(16-25)20-37(7)13-9-12-36(5)6/h8,10-11,14,16-17,19,21H,9,12-13,15,18,20H2,1-7H3,(H,33,40). The molecule has 0 saturated carbocycles. The second-order valence-electron chi connectivity index (χ2n) is 11.5. The molecule has 1 N–H and O–H groups in total. The number of nitrogens with one attached hydrogen (secondary N) is 1. The summed E-state index contributed by atoms with van der Waals surface area (Å²) in [4.78, 5) is 35.7. The largest absolute Gasteiger partial charge is 0.348 e. The minimum Gasteiger partial charge on any atom is -0.348 e. The summed E-state index contributed by atoms with van der Waals surface area (Å²) < 4.78 is 1.85. The van der Waals surface area contributed by atoms with Crippen molar-refractivity contribution in [3.63, 3.8) is 0 Å². The number of amides is 1. The van der Waals surface area contributed by atoms with Gasteiger partial charge in [-0.2, -0.15) is 5.10 Å². The van der Waals surface area contributed by atoms with Gasteiger partial charge >= 0.3 is 0 Å². The van der Waals surface area contributed by atoms with Crippen LogP contribution < -0.4 is 5.32 Å². The summed E-state index contributed by atoms with van der Waals surface area (Å²) in [5.74, 6) is -0.178. The molecule has 0 bridgehead atoms. The van der Waals surface area contributed by atoms with Crippen molar-refractivity contribution >= 4 is 22.7 Å². The van der Waals surface area contributed by atoms with Crippen LogP contribution in [-0.2, 0) is 11.3 Å². The summed E-state index contributed by atoms with van der Waals surface area (Å²) in [5, 5.41) is 8.24. The third-order valence-electron chi connectivity index (χ3n) is 7.26. The van der Waals surface area contributed by atoms with Crippen LogP contribution in [0, 0.1) is 0 Å². The summed E-state index contributed by atoms with van der Waals surface area (Å²) in [6, 6.07) is 10.3. The smallest absolute Gasteiger partial charge is 0.252 e. The van der Waals surface area contributed by atoms with Crippen molar-refractivity contribution in [2.45, 2.75) is 53.1 Å². The first-order valence-electron chi connectivity index (χ1n) is 14.0. The van der Waals surface area contributed by atoms with E-state index < -0.39 is 0 Å². The van der Waals surface area contributed by atoms with E-state index in [4.69, 9.17) is 4.98 Å². The highest BCUT2D eigenvalue weighted by molar-refractivity contribution is 6.07. The van der Waals surface area contributed by atoms with E-state index in [2.05, 4.69) is 53.5 Å². The Morgan fingerprint density at radius 3 is 2.60 bits per heavy atom. The number of rotatable bonds is 11. The Labute approximate surface area is 237 Å². The van der Waals surface area contributed by atoms with Crippen molar-refractivity contribution in [2.24, 2.45) is 0 Å². The van der Waals surface area contributed by atoms with Gasteiger partial charge in [0.15, 0.2) is 11.4 Å². The van der Waals surface area contributed by atoms with Gasteiger partial charge in [0.2, 0.25) is 0 Å². The number of allylic oxidation sites excluding steroid dienone is 3. The fourth-order valence-corrected chi connectivity index (χ4v) is 5.20. The molecule has 8 heteroatoms. The first-order chi connectivity index (χ1) is 19.0. The Hall–Kier alpha value is -3.62. The molecule has 3 aromatic rings. The lowest BCUT2D eigenvalue weighted by Crippen LogP contribution is -2.29. The first-order valence-corrected chi connectivity index (χ1v) is 14.0. The zero-order valence-corrected chi connectivity index (χ0v) is 24.9. The van der Waals surface area contributed by atoms with Gasteiger partial charge in [0.1, 0.15) is 0 Å². The molecule has 0 saturated heterocycles. The van der Waals surface area contributed by atoms with Crippen molar-refractivity contribution in [1.29, 1.82) is 0 Å². The van der Waals surface area contributed by atoms with Gasteiger partial charge in [-0.15, -0.1) is 0 Å². The lowest BCUT2D eigenvalue weighted by atomic mass is 9.92. The van der Waals surface area contributed by atoms with Gasteiger partial charge in [-0.1, -0.05) is 29.8 Å². The van der Waals surface area contributed by atoms with E-state index in [0.29, 0.717) is 28.6 Å². The molecule has 1 aliphatic carbocycles. The molecule has 2 aromatic heterocycles. The zero-order valence-electron chi connectivity index (χ0n) is 24.9. The Morgan fingerprint density at radius 2 is 1.90 bits per heavy atom. The maximum Gasteiger partial charge on any atom is 0.252 e. The predicted molar refractivity (Wildman–Crippen MR) is 161 cm³/mol. The van der Waals surface area contributed by atoms with Crippen molar-refractivity contribution in [3.8, 4) is 11.3 Å². The molecule has 40 heavy (non-hydrogen) atoms. The molecule has 1 amide bonds. The number of carbonyl (C=O) groups excluding carboxylic acids is 2. The van der Waals surface area contributed by atoms with Crippen LogP contribution in [0.15, 0.2) is 59.3 Å². The zero-order chi connectivity index (χ0) is 29.0. The van der Waals surface area contributed by atoms with E-state index in [1.54, 1.807) is 6.20 Å². The van der Waals surface area contributed by atoms with E-state index >= 15 is 0 Å². The van der Waals surface area contributed by atoms with Crippen LogP contribution in [0.2, 0.25) is 0 Å². The topological polar surface area (TPSA) is 83.4 Å². The second-order valence-corrected chi connectivity index (χ2v) is 11.5.